The van der Waals surface area contributed by atoms with Crippen LogP contribution in [-0.4, -0.2) is 68.2 Å². The molecule has 0 aliphatic carbocycles. The van der Waals surface area contributed by atoms with Crippen molar-refractivity contribution in [2.45, 2.75) is 11.4 Å². The average Bonchev–Trinajstić information content (AvgIpc) is 3.15. The number of carbonyl (C=O) groups is 1. The molecule has 1 aromatic heterocycles. The SMILES string of the molecule is CN(Cc1ccsc1)C(=O)CN1CCN(S(=O)(=O)c2cccc(F)c2)CC1. The van der Waals surface area contributed by atoms with Gasteiger partial charge in [-0.1, -0.05) is 6.07 Å². The van der Waals surface area contributed by atoms with Gasteiger partial charge in [0.15, 0.2) is 0 Å². The molecule has 6 nitrogen and oxygen atoms in total. The van der Waals surface area contributed by atoms with Gasteiger partial charge >= 0.3 is 0 Å². The summed E-state index contributed by atoms with van der Waals surface area (Å²) in [6.07, 6.45) is 0. The molecular formula is C18H22FN3O3S2. The van der Waals surface area contributed by atoms with E-state index in [1.54, 1.807) is 23.3 Å². The smallest absolute Gasteiger partial charge is 0.243 e. The van der Waals surface area contributed by atoms with Crippen molar-refractivity contribution in [2.75, 3.05) is 39.8 Å². The van der Waals surface area contributed by atoms with Crippen molar-refractivity contribution >= 4 is 27.3 Å². The first-order valence-electron chi connectivity index (χ1n) is 8.59. The number of halogens is 1. The van der Waals surface area contributed by atoms with Crippen LogP contribution in [0.4, 0.5) is 4.39 Å². The van der Waals surface area contributed by atoms with Crippen molar-refractivity contribution in [1.29, 1.82) is 0 Å². The molecule has 9 heteroatoms. The third-order valence-electron chi connectivity index (χ3n) is 4.55. The zero-order valence-electron chi connectivity index (χ0n) is 15.0. The summed E-state index contributed by atoms with van der Waals surface area (Å²) in [6, 6.07) is 7.03. The van der Waals surface area contributed by atoms with Gasteiger partial charge < -0.3 is 4.90 Å². The van der Waals surface area contributed by atoms with E-state index in [0.717, 1.165) is 11.6 Å². The molecular weight excluding hydrogens is 389 g/mol. The van der Waals surface area contributed by atoms with Gasteiger partial charge in [-0.3, -0.25) is 9.69 Å². The Hall–Kier alpha value is -1.81. The van der Waals surface area contributed by atoms with Crippen LogP contribution >= 0.6 is 11.3 Å². The molecule has 2 heterocycles. The lowest BCUT2D eigenvalue weighted by molar-refractivity contribution is -0.131. The van der Waals surface area contributed by atoms with Crippen LogP contribution in [0, 0.1) is 5.82 Å². The summed E-state index contributed by atoms with van der Waals surface area (Å²) in [6.45, 7) is 2.31. The fourth-order valence-corrected chi connectivity index (χ4v) is 5.08. The van der Waals surface area contributed by atoms with Gasteiger partial charge in [-0.15, -0.1) is 0 Å². The van der Waals surface area contributed by atoms with Crippen molar-refractivity contribution in [3.05, 3.63) is 52.5 Å². The van der Waals surface area contributed by atoms with Gasteiger partial charge in [-0.2, -0.15) is 15.6 Å². The molecule has 3 rings (SSSR count). The molecule has 27 heavy (non-hydrogen) atoms. The van der Waals surface area contributed by atoms with Crippen molar-refractivity contribution < 1.29 is 17.6 Å². The maximum Gasteiger partial charge on any atom is 0.243 e. The average molecular weight is 412 g/mol. The highest BCUT2D eigenvalue weighted by Gasteiger charge is 2.29. The number of hydrogen-bond donors (Lipinski definition) is 0. The van der Waals surface area contributed by atoms with E-state index in [0.29, 0.717) is 19.6 Å². The molecule has 0 spiro atoms. The van der Waals surface area contributed by atoms with Crippen molar-refractivity contribution in [3.63, 3.8) is 0 Å². The zero-order valence-corrected chi connectivity index (χ0v) is 16.7. The number of piperazine rings is 1. The molecule has 0 saturated carbocycles. The van der Waals surface area contributed by atoms with Gasteiger partial charge in [0.05, 0.1) is 11.4 Å². The first-order valence-corrected chi connectivity index (χ1v) is 11.0. The number of amides is 1. The number of benzene rings is 1. The molecule has 2 aromatic rings. The van der Waals surface area contributed by atoms with Crippen molar-refractivity contribution in [1.82, 2.24) is 14.1 Å². The molecule has 1 aliphatic heterocycles. The van der Waals surface area contributed by atoms with E-state index >= 15 is 0 Å². The molecule has 0 bridgehead atoms. The van der Waals surface area contributed by atoms with Gasteiger partial charge in [0.2, 0.25) is 15.9 Å². The molecule has 1 aliphatic rings. The van der Waals surface area contributed by atoms with Gasteiger partial charge in [0, 0.05) is 39.8 Å². The highest BCUT2D eigenvalue weighted by Crippen LogP contribution is 2.18. The monoisotopic (exact) mass is 411 g/mol. The third kappa shape index (κ3) is 4.92. The fourth-order valence-electron chi connectivity index (χ4n) is 2.96. The van der Waals surface area contributed by atoms with Crippen molar-refractivity contribution in [2.24, 2.45) is 0 Å². The maximum absolute atomic E-state index is 13.3. The summed E-state index contributed by atoms with van der Waals surface area (Å²) < 4.78 is 39.9. The maximum atomic E-state index is 13.3. The molecule has 0 atom stereocenters. The lowest BCUT2D eigenvalue weighted by atomic mass is 10.3. The minimum atomic E-state index is -3.71. The van der Waals surface area contributed by atoms with Gasteiger partial charge in [-0.05, 0) is 40.6 Å². The molecule has 1 fully saturated rings. The van der Waals surface area contributed by atoms with E-state index < -0.39 is 15.8 Å². The van der Waals surface area contributed by atoms with Crippen LogP contribution in [-0.2, 0) is 21.4 Å². The Labute approximate surface area is 162 Å². The highest BCUT2D eigenvalue weighted by atomic mass is 32.2. The predicted molar refractivity (Wildman–Crippen MR) is 102 cm³/mol. The summed E-state index contributed by atoms with van der Waals surface area (Å²) in [5.41, 5.74) is 1.10. The van der Waals surface area contributed by atoms with Crippen LogP contribution in [0.3, 0.4) is 0 Å². The number of nitrogens with zero attached hydrogens (tertiary/aromatic N) is 3. The first-order chi connectivity index (χ1) is 12.9. The van der Waals surface area contributed by atoms with Crippen LogP contribution in [0.1, 0.15) is 5.56 Å². The standard InChI is InChI=1S/C18H22FN3O3S2/c1-20(12-15-5-10-26-14-15)18(23)13-21-6-8-22(9-7-21)27(24,25)17-4-2-3-16(19)11-17/h2-5,10-11,14H,6-9,12-13H2,1H3. The third-order valence-corrected chi connectivity index (χ3v) is 7.18. The molecule has 0 unspecified atom stereocenters. The van der Waals surface area contributed by atoms with Gasteiger partial charge in [0.1, 0.15) is 5.82 Å². The Balaban J connectivity index is 1.53. The number of rotatable bonds is 6. The Morgan fingerprint density at radius 1 is 1.22 bits per heavy atom. The summed E-state index contributed by atoms with van der Waals surface area (Å²) >= 11 is 1.60. The van der Waals surface area contributed by atoms with Gasteiger partial charge in [0.25, 0.3) is 0 Å². The molecule has 1 amide bonds. The molecule has 0 radical (unpaired) electrons. The Morgan fingerprint density at radius 2 is 1.96 bits per heavy atom. The summed E-state index contributed by atoms with van der Waals surface area (Å²) in [5, 5.41) is 3.99. The van der Waals surface area contributed by atoms with E-state index in [1.807, 2.05) is 21.7 Å². The first kappa shape index (κ1) is 19.9. The Bertz CT molecular complexity index is 879. The second-order valence-corrected chi connectivity index (χ2v) is 9.24. The quantitative estimate of drug-likeness (QED) is 0.728. The number of carbonyl (C=O) groups excluding carboxylic acids is 1. The lowest BCUT2D eigenvalue weighted by Crippen LogP contribution is -2.51. The minimum absolute atomic E-state index is 0.00244. The lowest BCUT2D eigenvalue weighted by Gasteiger charge is -2.34. The summed E-state index contributed by atoms with van der Waals surface area (Å²) in [5.74, 6) is -0.573. The van der Waals surface area contributed by atoms with E-state index in [2.05, 4.69) is 0 Å². The Morgan fingerprint density at radius 3 is 2.59 bits per heavy atom. The van der Waals surface area contributed by atoms with E-state index in [1.165, 1.54) is 22.5 Å². The normalized spacial score (nSPS) is 16.4. The second-order valence-electron chi connectivity index (χ2n) is 6.52. The number of likely N-dealkylation sites (N-methyl/N-ethyl adjacent to an activating group) is 1. The molecule has 1 aromatic carbocycles. The minimum Gasteiger partial charge on any atom is -0.340 e. The molecule has 0 N–H and O–H groups in total. The van der Waals surface area contributed by atoms with Gasteiger partial charge in [-0.25, -0.2) is 12.8 Å². The predicted octanol–water partition coefficient (Wildman–Crippen LogP) is 1.85. The number of hydrogen-bond acceptors (Lipinski definition) is 5. The van der Waals surface area contributed by atoms with Crippen LogP contribution in [0.5, 0.6) is 0 Å². The zero-order chi connectivity index (χ0) is 19.4. The second kappa shape index (κ2) is 8.47. The van der Waals surface area contributed by atoms with E-state index in [4.69, 9.17) is 0 Å². The summed E-state index contributed by atoms with van der Waals surface area (Å²) in [4.78, 5) is 16.0. The molecule has 1 saturated heterocycles. The van der Waals surface area contributed by atoms with Crippen LogP contribution in [0.25, 0.3) is 0 Å². The molecule has 146 valence electrons. The van der Waals surface area contributed by atoms with E-state index in [-0.39, 0.29) is 30.4 Å². The topological polar surface area (TPSA) is 60.9 Å². The Kier molecular flexibility index (Phi) is 6.25. The van der Waals surface area contributed by atoms with Crippen LogP contribution < -0.4 is 0 Å². The van der Waals surface area contributed by atoms with E-state index in [9.17, 15) is 17.6 Å². The van der Waals surface area contributed by atoms with Crippen LogP contribution in [0.15, 0.2) is 46.0 Å². The number of sulfonamides is 1. The number of thiophene rings is 1. The highest BCUT2D eigenvalue weighted by molar-refractivity contribution is 7.89. The van der Waals surface area contributed by atoms with Crippen molar-refractivity contribution in [3.8, 4) is 0 Å². The largest absolute Gasteiger partial charge is 0.340 e. The van der Waals surface area contributed by atoms with Crippen LogP contribution in [0.2, 0.25) is 0 Å². The summed E-state index contributed by atoms with van der Waals surface area (Å²) in [7, 11) is -1.95. The fraction of sp³-hybridized carbons (Fsp3) is 0.389.